The summed E-state index contributed by atoms with van der Waals surface area (Å²) < 4.78 is 0. The lowest BCUT2D eigenvalue weighted by molar-refractivity contribution is 0.906. The Balaban J connectivity index is 0.000000283. The van der Waals surface area contributed by atoms with E-state index in [2.05, 4.69) is 64.1 Å². The number of hydrogen-bond acceptors (Lipinski definition) is 0. The van der Waals surface area contributed by atoms with Crippen molar-refractivity contribution in [2.24, 2.45) is 0 Å². The van der Waals surface area contributed by atoms with Gasteiger partial charge >= 0.3 is 0 Å². The Morgan fingerprint density at radius 2 is 0.889 bits per heavy atom. The predicted molar refractivity (Wildman–Crippen MR) is 84.0 cm³/mol. The highest BCUT2D eigenvalue weighted by Gasteiger charge is 1.95. The molecule has 18 heavy (non-hydrogen) atoms. The molecule has 0 amide bonds. The van der Waals surface area contributed by atoms with Crippen LogP contribution in [0.1, 0.15) is 51.7 Å². The van der Waals surface area contributed by atoms with Crippen molar-refractivity contribution in [2.75, 3.05) is 0 Å². The second-order valence-electron chi connectivity index (χ2n) is 4.68. The average molecular weight is 244 g/mol. The van der Waals surface area contributed by atoms with Gasteiger partial charge in [-0.15, -0.1) is 0 Å². The zero-order chi connectivity index (χ0) is 14.0. The molecule has 0 spiro atoms. The third kappa shape index (κ3) is 7.89. The molecule has 0 N–H and O–H groups in total. The van der Waals surface area contributed by atoms with Crippen LogP contribution in [0.25, 0.3) is 0 Å². The molecule has 1 aromatic rings. The van der Waals surface area contributed by atoms with Crippen LogP contribution < -0.4 is 0 Å². The standard InChI is InChI=1S/C8H12.C8H10.C2H6/c2*1-7-3-5-8(2)6-4-7;1-2/h3,5H,4,6H2,1-2H3;3-6H,1-2H3;1-2H3. The summed E-state index contributed by atoms with van der Waals surface area (Å²) in [5, 5.41) is 0. The zero-order valence-corrected chi connectivity index (χ0v) is 12.9. The average Bonchev–Trinajstić information content (AvgIpc) is 2.40. The Kier molecular flexibility index (Phi) is 9.00. The summed E-state index contributed by atoms with van der Waals surface area (Å²) in [6, 6.07) is 8.48. The molecule has 2 rings (SSSR count). The molecule has 100 valence electrons. The van der Waals surface area contributed by atoms with Gasteiger partial charge in [0.05, 0.1) is 0 Å². The Hall–Kier alpha value is -1.30. The molecule has 1 aliphatic rings. The minimum Gasteiger partial charge on any atom is -0.0730 e. The van der Waals surface area contributed by atoms with Crippen LogP contribution >= 0.6 is 0 Å². The van der Waals surface area contributed by atoms with Crippen molar-refractivity contribution in [3.05, 3.63) is 58.7 Å². The van der Waals surface area contributed by atoms with Gasteiger partial charge in [0.15, 0.2) is 0 Å². The smallest absolute Gasteiger partial charge is 0.0283 e. The first-order valence-corrected chi connectivity index (χ1v) is 6.94. The molecule has 0 bridgehead atoms. The predicted octanol–water partition coefficient (Wildman–Crippen LogP) is 6.00. The largest absolute Gasteiger partial charge is 0.0730 e. The first-order valence-electron chi connectivity index (χ1n) is 6.94. The molecule has 0 atom stereocenters. The van der Waals surface area contributed by atoms with Gasteiger partial charge in [-0.05, 0) is 40.5 Å². The van der Waals surface area contributed by atoms with E-state index in [4.69, 9.17) is 0 Å². The second kappa shape index (κ2) is 9.70. The zero-order valence-electron chi connectivity index (χ0n) is 12.9. The van der Waals surface area contributed by atoms with Crippen LogP contribution in [0.2, 0.25) is 0 Å². The second-order valence-corrected chi connectivity index (χ2v) is 4.68. The SMILES string of the molecule is CC.CC1=CC=C(C)CC1.Cc1ccc(C)cc1. The summed E-state index contributed by atoms with van der Waals surface area (Å²) in [6.07, 6.45) is 6.95. The van der Waals surface area contributed by atoms with Crippen molar-refractivity contribution in [3.63, 3.8) is 0 Å². The van der Waals surface area contributed by atoms with Crippen LogP contribution in [0.4, 0.5) is 0 Å². The van der Waals surface area contributed by atoms with Crippen molar-refractivity contribution in [1.82, 2.24) is 0 Å². The maximum Gasteiger partial charge on any atom is -0.0283 e. The van der Waals surface area contributed by atoms with Gasteiger partial charge in [-0.1, -0.05) is 72.5 Å². The van der Waals surface area contributed by atoms with Crippen LogP contribution in [0.15, 0.2) is 47.6 Å². The molecular weight excluding hydrogens is 216 g/mol. The topological polar surface area (TPSA) is 0 Å². The molecule has 0 aliphatic heterocycles. The lowest BCUT2D eigenvalue weighted by Crippen LogP contribution is -1.85. The minimum atomic E-state index is 1.27. The molecule has 0 unspecified atom stereocenters. The van der Waals surface area contributed by atoms with E-state index in [0.717, 1.165) is 0 Å². The van der Waals surface area contributed by atoms with Crippen molar-refractivity contribution < 1.29 is 0 Å². The molecule has 0 radical (unpaired) electrons. The molecule has 0 nitrogen and oxygen atoms in total. The molecule has 0 fully saturated rings. The summed E-state index contributed by atoms with van der Waals surface area (Å²) in [6.45, 7) is 12.6. The van der Waals surface area contributed by atoms with Crippen molar-refractivity contribution >= 4 is 0 Å². The molecule has 0 aromatic heterocycles. The van der Waals surface area contributed by atoms with Gasteiger partial charge in [-0.2, -0.15) is 0 Å². The van der Waals surface area contributed by atoms with Gasteiger partial charge < -0.3 is 0 Å². The van der Waals surface area contributed by atoms with E-state index in [-0.39, 0.29) is 0 Å². The molecule has 1 aliphatic carbocycles. The van der Waals surface area contributed by atoms with Crippen LogP contribution in [0, 0.1) is 13.8 Å². The number of hydrogen-bond donors (Lipinski definition) is 0. The van der Waals surface area contributed by atoms with Crippen LogP contribution in [-0.2, 0) is 0 Å². The van der Waals surface area contributed by atoms with Gasteiger partial charge in [0, 0.05) is 0 Å². The summed E-state index contributed by atoms with van der Waals surface area (Å²) in [4.78, 5) is 0. The Labute approximate surface area is 113 Å². The number of benzene rings is 1. The third-order valence-electron chi connectivity index (χ3n) is 2.78. The lowest BCUT2D eigenvalue weighted by atomic mass is 10.0. The van der Waals surface area contributed by atoms with E-state index in [1.54, 1.807) is 0 Å². The first-order chi connectivity index (χ1) is 8.58. The van der Waals surface area contributed by atoms with Gasteiger partial charge in [0.25, 0.3) is 0 Å². The Morgan fingerprint density at radius 3 is 1.11 bits per heavy atom. The molecule has 0 saturated heterocycles. The van der Waals surface area contributed by atoms with E-state index < -0.39 is 0 Å². The fourth-order valence-corrected chi connectivity index (χ4v) is 1.48. The summed E-state index contributed by atoms with van der Waals surface area (Å²) >= 11 is 0. The molecule has 0 heterocycles. The molecular formula is C18H28. The van der Waals surface area contributed by atoms with Gasteiger partial charge in [-0.25, -0.2) is 0 Å². The normalized spacial score (nSPS) is 13.2. The maximum absolute atomic E-state index is 2.21. The highest BCUT2D eigenvalue weighted by atomic mass is 14.0. The number of rotatable bonds is 0. The van der Waals surface area contributed by atoms with E-state index in [9.17, 15) is 0 Å². The highest BCUT2D eigenvalue weighted by Crippen LogP contribution is 2.15. The van der Waals surface area contributed by atoms with Crippen molar-refractivity contribution in [2.45, 2.75) is 54.4 Å². The minimum absolute atomic E-state index is 1.27. The maximum atomic E-state index is 2.21. The molecule has 1 aromatic carbocycles. The lowest BCUT2D eigenvalue weighted by Gasteiger charge is -2.05. The van der Waals surface area contributed by atoms with Crippen LogP contribution in [0.3, 0.4) is 0 Å². The van der Waals surface area contributed by atoms with Crippen LogP contribution in [0.5, 0.6) is 0 Å². The summed E-state index contributed by atoms with van der Waals surface area (Å²) in [5.41, 5.74) is 5.68. The van der Waals surface area contributed by atoms with Crippen molar-refractivity contribution in [3.8, 4) is 0 Å². The fraction of sp³-hybridized carbons (Fsp3) is 0.444. The van der Waals surface area contributed by atoms with E-state index in [0.29, 0.717) is 0 Å². The van der Waals surface area contributed by atoms with E-state index in [1.807, 2.05) is 13.8 Å². The third-order valence-corrected chi connectivity index (χ3v) is 2.78. The van der Waals surface area contributed by atoms with Crippen LogP contribution in [-0.4, -0.2) is 0 Å². The van der Waals surface area contributed by atoms with E-state index >= 15 is 0 Å². The number of allylic oxidation sites excluding steroid dienone is 4. The molecule has 0 heteroatoms. The van der Waals surface area contributed by atoms with Gasteiger partial charge in [0.2, 0.25) is 0 Å². The Morgan fingerprint density at radius 1 is 0.611 bits per heavy atom. The quantitative estimate of drug-likeness (QED) is 0.525. The Bertz CT molecular complexity index is 338. The monoisotopic (exact) mass is 244 g/mol. The van der Waals surface area contributed by atoms with Gasteiger partial charge in [-0.3, -0.25) is 0 Å². The summed E-state index contributed by atoms with van der Waals surface area (Å²) in [5.74, 6) is 0. The molecule has 0 saturated carbocycles. The van der Waals surface area contributed by atoms with Gasteiger partial charge in [0.1, 0.15) is 0 Å². The fourth-order valence-electron chi connectivity index (χ4n) is 1.48. The van der Waals surface area contributed by atoms with Crippen molar-refractivity contribution in [1.29, 1.82) is 0 Å². The summed E-state index contributed by atoms with van der Waals surface area (Å²) in [7, 11) is 0. The first kappa shape index (κ1) is 16.7. The van der Waals surface area contributed by atoms with E-state index in [1.165, 1.54) is 35.1 Å². The highest BCUT2D eigenvalue weighted by molar-refractivity contribution is 5.21. The number of aryl methyl sites for hydroxylation is 2.